The van der Waals surface area contributed by atoms with Gasteiger partial charge in [-0.3, -0.25) is 9.59 Å². The Kier molecular flexibility index (Phi) is 8.79. The molecule has 7 heteroatoms. The minimum atomic E-state index is -0.298. The van der Waals surface area contributed by atoms with Crippen molar-refractivity contribution in [2.75, 3.05) is 36.4 Å². The van der Waals surface area contributed by atoms with Gasteiger partial charge in [0.25, 0.3) is 11.8 Å². The number of carbonyl (C=O) groups excluding carboxylic acids is 2. The Bertz CT molecular complexity index is 1310. The zero-order chi connectivity index (χ0) is 27.4. The van der Waals surface area contributed by atoms with Crippen molar-refractivity contribution in [3.63, 3.8) is 0 Å². The summed E-state index contributed by atoms with van der Waals surface area (Å²) in [6.45, 7) is 5.58. The number of benzene rings is 3. The van der Waals surface area contributed by atoms with Gasteiger partial charge in [0.1, 0.15) is 0 Å². The molecule has 0 bridgehead atoms. The van der Waals surface area contributed by atoms with Gasteiger partial charge in [0.05, 0.1) is 15.6 Å². The van der Waals surface area contributed by atoms with Gasteiger partial charge in [-0.15, -0.1) is 0 Å². The number of halogens is 2. The molecule has 3 aromatic carbocycles. The highest BCUT2D eigenvalue weighted by Gasteiger charge is 2.28. The molecule has 2 heterocycles. The maximum Gasteiger partial charge on any atom is 0.256 e. The first-order valence-corrected chi connectivity index (χ1v) is 14.6. The number of rotatable bonds is 6. The third-order valence-corrected chi connectivity index (χ3v) is 8.80. The number of likely N-dealkylation sites (tertiary alicyclic amines) is 1. The smallest absolute Gasteiger partial charge is 0.256 e. The highest BCUT2D eigenvalue weighted by Crippen LogP contribution is 2.32. The predicted molar refractivity (Wildman–Crippen MR) is 160 cm³/mol. The minimum absolute atomic E-state index is 0.0361. The number of carbonyl (C=O) groups is 2. The fraction of sp³-hybridized carbons (Fsp3) is 0.375. The molecule has 1 N–H and O–H groups in total. The first kappa shape index (κ1) is 27.5. The molecule has 0 unspecified atom stereocenters. The van der Waals surface area contributed by atoms with Crippen LogP contribution in [0, 0.1) is 11.8 Å². The molecule has 2 aliphatic rings. The van der Waals surface area contributed by atoms with Crippen molar-refractivity contribution >= 4 is 46.4 Å². The van der Waals surface area contributed by atoms with E-state index in [0.717, 1.165) is 64.0 Å². The largest absolute Gasteiger partial charge is 0.371 e. The molecule has 0 atom stereocenters. The van der Waals surface area contributed by atoms with Crippen LogP contribution in [0.15, 0.2) is 66.7 Å². The number of nitrogens with zero attached hydrogens (tertiary/aromatic N) is 2. The van der Waals surface area contributed by atoms with Crippen molar-refractivity contribution < 1.29 is 9.59 Å². The van der Waals surface area contributed by atoms with Gasteiger partial charge in [-0.2, -0.15) is 0 Å². The van der Waals surface area contributed by atoms with Gasteiger partial charge in [0.2, 0.25) is 0 Å². The molecular weight excluding hydrogens is 529 g/mol. The average molecular weight is 565 g/mol. The van der Waals surface area contributed by atoms with E-state index in [1.807, 2.05) is 23.1 Å². The van der Waals surface area contributed by atoms with E-state index in [4.69, 9.17) is 23.2 Å². The van der Waals surface area contributed by atoms with Crippen LogP contribution in [0.1, 0.15) is 58.9 Å². The summed E-state index contributed by atoms with van der Waals surface area (Å²) < 4.78 is 0. The van der Waals surface area contributed by atoms with E-state index in [2.05, 4.69) is 47.5 Å². The van der Waals surface area contributed by atoms with Gasteiger partial charge >= 0.3 is 0 Å². The Morgan fingerprint density at radius 1 is 0.846 bits per heavy atom. The molecule has 0 aliphatic carbocycles. The number of piperidine rings is 2. The van der Waals surface area contributed by atoms with Crippen LogP contribution < -0.4 is 10.2 Å². The monoisotopic (exact) mass is 563 g/mol. The summed E-state index contributed by atoms with van der Waals surface area (Å²) in [5.74, 6) is 1.01. The Hall–Kier alpha value is -3.02. The molecule has 2 amide bonds. The Labute approximate surface area is 241 Å². The summed E-state index contributed by atoms with van der Waals surface area (Å²) in [7, 11) is 0. The summed E-state index contributed by atoms with van der Waals surface area (Å²) in [5.41, 5.74) is 3.98. The van der Waals surface area contributed by atoms with Gasteiger partial charge < -0.3 is 15.1 Å². The molecule has 0 spiro atoms. The van der Waals surface area contributed by atoms with Crippen molar-refractivity contribution in [1.29, 1.82) is 0 Å². The second-order valence-electron chi connectivity index (χ2n) is 10.9. The molecule has 5 nitrogen and oxygen atoms in total. The topological polar surface area (TPSA) is 52.7 Å². The lowest BCUT2D eigenvalue weighted by atomic mass is 9.89. The lowest BCUT2D eigenvalue weighted by Gasteiger charge is -2.36. The van der Waals surface area contributed by atoms with E-state index in [-0.39, 0.29) is 11.8 Å². The molecule has 2 saturated heterocycles. The van der Waals surface area contributed by atoms with E-state index >= 15 is 0 Å². The lowest BCUT2D eigenvalue weighted by molar-refractivity contribution is 0.0697. The summed E-state index contributed by atoms with van der Waals surface area (Å²) in [5, 5.41) is 3.67. The SMILES string of the molecule is CC1CCN(C(=O)c2cc(NC(=O)c3ccc(Cl)c(Cl)c3)ccc2N2CCC(Cc3ccccc3)CC2)CC1. The third-order valence-electron chi connectivity index (χ3n) is 8.06. The van der Waals surface area contributed by atoms with Crippen molar-refractivity contribution in [2.45, 2.75) is 39.0 Å². The molecule has 204 valence electrons. The molecule has 3 aromatic rings. The summed E-state index contributed by atoms with van der Waals surface area (Å²) in [6, 6.07) is 21.2. The Morgan fingerprint density at radius 2 is 1.56 bits per heavy atom. The van der Waals surface area contributed by atoms with Gasteiger partial charge in [-0.05, 0) is 85.9 Å². The number of hydrogen-bond donors (Lipinski definition) is 1. The van der Waals surface area contributed by atoms with Crippen LogP contribution in [0.2, 0.25) is 10.0 Å². The Morgan fingerprint density at radius 3 is 2.26 bits per heavy atom. The van der Waals surface area contributed by atoms with Gasteiger partial charge in [0.15, 0.2) is 0 Å². The van der Waals surface area contributed by atoms with E-state index < -0.39 is 0 Å². The fourth-order valence-corrected chi connectivity index (χ4v) is 5.91. The molecule has 39 heavy (non-hydrogen) atoms. The molecule has 5 rings (SSSR count). The van der Waals surface area contributed by atoms with Crippen molar-refractivity contribution in [1.82, 2.24) is 4.90 Å². The number of amides is 2. The first-order chi connectivity index (χ1) is 18.9. The first-order valence-electron chi connectivity index (χ1n) is 13.9. The number of nitrogens with one attached hydrogen (secondary N) is 1. The normalized spacial score (nSPS) is 16.8. The van der Waals surface area contributed by atoms with E-state index in [1.165, 1.54) is 5.56 Å². The van der Waals surface area contributed by atoms with E-state index in [0.29, 0.717) is 38.7 Å². The zero-order valence-corrected chi connectivity index (χ0v) is 23.8. The average Bonchev–Trinajstić information content (AvgIpc) is 2.95. The molecular formula is C32H35Cl2N3O2. The highest BCUT2D eigenvalue weighted by molar-refractivity contribution is 6.42. The lowest BCUT2D eigenvalue weighted by Crippen LogP contribution is -2.40. The minimum Gasteiger partial charge on any atom is -0.371 e. The number of anilines is 2. The standard InChI is InChI=1S/C32H35Cl2N3O2/c1-22-11-15-37(16-12-22)32(39)27-21-26(35-31(38)25-7-9-28(33)29(34)20-25)8-10-30(27)36-17-13-24(14-18-36)19-23-5-3-2-4-6-23/h2-10,20-22,24H,11-19H2,1H3,(H,35,38). The van der Waals surface area contributed by atoms with Crippen LogP contribution in [0.25, 0.3) is 0 Å². The van der Waals surface area contributed by atoms with Crippen LogP contribution in [0.3, 0.4) is 0 Å². The van der Waals surface area contributed by atoms with E-state index in [9.17, 15) is 9.59 Å². The van der Waals surface area contributed by atoms with Crippen LogP contribution in [-0.4, -0.2) is 42.9 Å². The molecule has 2 aliphatic heterocycles. The zero-order valence-electron chi connectivity index (χ0n) is 22.3. The van der Waals surface area contributed by atoms with Crippen LogP contribution in [-0.2, 0) is 6.42 Å². The van der Waals surface area contributed by atoms with E-state index in [1.54, 1.807) is 18.2 Å². The van der Waals surface area contributed by atoms with Gasteiger partial charge in [0, 0.05) is 43.1 Å². The van der Waals surface area contributed by atoms with Crippen LogP contribution in [0.5, 0.6) is 0 Å². The quantitative estimate of drug-likeness (QED) is 0.336. The molecule has 0 radical (unpaired) electrons. The predicted octanol–water partition coefficient (Wildman–Crippen LogP) is 7.58. The summed E-state index contributed by atoms with van der Waals surface area (Å²) in [4.78, 5) is 31.1. The maximum atomic E-state index is 13.8. The summed E-state index contributed by atoms with van der Waals surface area (Å²) >= 11 is 12.1. The summed E-state index contributed by atoms with van der Waals surface area (Å²) in [6.07, 6.45) is 5.28. The third kappa shape index (κ3) is 6.77. The van der Waals surface area contributed by atoms with Crippen LogP contribution in [0.4, 0.5) is 11.4 Å². The van der Waals surface area contributed by atoms with Crippen LogP contribution >= 0.6 is 23.2 Å². The van der Waals surface area contributed by atoms with Crippen molar-refractivity contribution in [3.8, 4) is 0 Å². The van der Waals surface area contributed by atoms with Gasteiger partial charge in [-0.25, -0.2) is 0 Å². The second-order valence-corrected chi connectivity index (χ2v) is 11.7. The Balaban J connectivity index is 1.35. The molecule has 0 saturated carbocycles. The molecule has 0 aromatic heterocycles. The van der Waals surface area contributed by atoms with Crippen molar-refractivity contribution in [2.24, 2.45) is 11.8 Å². The van der Waals surface area contributed by atoms with Crippen molar-refractivity contribution in [3.05, 3.63) is 93.5 Å². The van der Waals surface area contributed by atoms with Gasteiger partial charge in [-0.1, -0.05) is 60.5 Å². The molecule has 2 fully saturated rings. The fourth-order valence-electron chi connectivity index (χ4n) is 5.61. The number of hydrogen-bond acceptors (Lipinski definition) is 3. The second kappa shape index (κ2) is 12.4. The highest BCUT2D eigenvalue weighted by atomic mass is 35.5. The maximum absolute atomic E-state index is 13.8.